The van der Waals surface area contributed by atoms with Gasteiger partial charge in [-0.25, -0.2) is 4.99 Å². The molecule has 1 aliphatic carbocycles. The van der Waals surface area contributed by atoms with Crippen molar-refractivity contribution < 1.29 is 14.4 Å². The van der Waals surface area contributed by atoms with Crippen LogP contribution in [0.1, 0.15) is 38.5 Å². The predicted octanol–water partition coefficient (Wildman–Crippen LogP) is 3.20. The summed E-state index contributed by atoms with van der Waals surface area (Å²) in [5.74, 6) is 0.399. The van der Waals surface area contributed by atoms with Crippen molar-refractivity contribution in [3.05, 3.63) is 30.3 Å². The highest BCUT2D eigenvalue weighted by atomic mass is 32.2. The molecule has 2 aliphatic heterocycles. The molecule has 2 saturated heterocycles. The Kier molecular flexibility index (Phi) is 5.80. The first-order chi connectivity index (χ1) is 13.6. The van der Waals surface area contributed by atoms with Crippen molar-refractivity contribution >= 4 is 40.3 Å². The van der Waals surface area contributed by atoms with E-state index >= 15 is 0 Å². The Morgan fingerprint density at radius 1 is 1.04 bits per heavy atom. The van der Waals surface area contributed by atoms with Gasteiger partial charge in [0.25, 0.3) is 0 Å². The van der Waals surface area contributed by atoms with Crippen molar-refractivity contribution in [3.63, 3.8) is 0 Å². The minimum absolute atomic E-state index is 0.0719. The van der Waals surface area contributed by atoms with Gasteiger partial charge in [0.2, 0.25) is 17.7 Å². The molecule has 1 aromatic rings. The van der Waals surface area contributed by atoms with Gasteiger partial charge < -0.3 is 0 Å². The fourth-order valence-corrected chi connectivity index (χ4v) is 5.27. The predicted molar refractivity (Wildman–Crippen MR) is 109 cm³/mol. The number of hydrogen-bond acceptors (Lipinski definition) is 5. The second-order valence-electron chi connectivity index (χ2n) is 7.55. The maximum Gasteiger partial charge on any atom is 0.233 e. The van der Waals surface area contributed by atoms with Gasteiger partial charge >= 0.3 is 0 Å². The van der Waals surface area contributed by atoms with Crippen molar-refractivity contribution in [1.29, 1.82) is 0 Å². The van der Waals surface area contributed by atoms with Crippen LogP contribution >= 0.6 is 11.8 Å². The number of aliphatic imine (C=N–C) groups is 1. The molecule has 1 aromatic carbocycles. The van der Waals surface area contributed by atoms with Gasteiger partial charge in [-0.3, -0.25) is 24.2 Å². The quantitative estimate of drug-likeness (QED) is 0.729. The standard InChI is InChI=1S/C21H25N3O3S/c25-18(11-13-24-19(26)16-9-4-5-10-17(16)20(24)27)23-12-6-14-28-21(23)22-15-7-2-1-3-8-15/h1-3,7-8,16-17H,4-6,9-14H2/t16-,17+. The van der Waals surface area contributed by atoms with E-state index in [1.165, 1.54) is 4.90 Å². The average molecular weight is 400 g/mol. The number of carbonyl (C=O) groups excluding carboxylic acids is 3. The molecule has 3 fully saturated rings. The topological polar surface area (TPSA) is 70.1 Å². The van der Waals surface area contributed by atoms with Crippen LogP contribution in [0.4, 0.5) is 5.69 Å². The summed E-state index contributed by atoms with van der Waals surface area (Å²) in [6.07, 6.45) is 4.70. The van der Waals surface area contributed by atoms with Crippen LogP contribution in [0.15, 0.2) is 35.3 Å². The zero-order valence-electron chi connectivity index (χ0n) is 15.9. The van der Waals surface area contributed by atoms with Crippen molar-refractivity contribution in [1.82, 2.24) is 9.80 Å². The molecule has 0 aromatic heterocycles. The lowest BCUT2D eigenvalue weighted by Gasteiger charge is -2.28. The number of fused-ring (bicyclic) bond motifs is 1. The zero-order chi connectivity index (χ0) is 19.5. The number of nitrogens with zero attached hydrogens (tertiary/aromatic N) is 3. The van der Waals surface area contributed by atoms with Crippen molar-refractivity contribution in [2.24, 2.45) is 16.8 Å². The molecule has 28 heavy (non-hydrogen) atoms. The van der Waals surface area contributed by atoms with Crippen LogP contribution in [0, 0.1) is 11.8 Å². The van der Waals surface area contributed by atoms with Crippen LogP contribution in [0.3, 0.4) is 0 Å². The number of amides is 3. The maximum absolute atomic E-state index is 12.9. The minimum Gasteiger partial charge on any atom is -0.291 e. The summed E-state index contributed by atoms with van der Waals surface area (Å²) in [5.41, 5.74) is 0.818. The largest absolute Gasteiger partial charge is 0.291 e. The molecule has 3 amide bonds. The molecule has 6 nitrogen and oxygen atoms in total. The van der Waals surface area contributed by atoms with Gasteiger partial charge in [0.1, 0.15) is 0 Å². The van der Waals surface area contributed by atoms with Gasteiger partial charge in [-0.2, -0.15) is 0 Å². The fraction of sp³-hybridized carbons (Fsp3) is 0.524. The van der Waals surface area contributed by atoms with E-state index in [2.05, 4.69) is 4.99 Å². The third-order valence-corrected chi connectivity index (χ3v) is 6.81. The lowest BCUT2D eigenvalue weighted by Crippen LogP contribution is -2.41. The normalized spacial score (nSPS) is 26.6. The highest BCUT2D eigenvalue weighted by Crippen LogP contribution is 2.38. The summed E-state index contributed by atoms with van der Waals surface area (Å²) >= 11 is 1.58. The second-order valence-corrected chi connectivity index (χ2v) is 8.61. The fourth-order valence-electron chi connectivity index (χ4n) is 4.29. The Hall–Kier alpha value is -2.15. The third-order valence-electron chi connectivity index (χ3n) is 5.75. The molecule has 0 spiro atoms. The number of thioether (sulfide) groups is 1. The Morgan fingerprint density at radius 2 is 1.71 bits per heavy atom. The Morgan fingerprint density at radius 3 is 2.39 bits per heavy atom. The molecule has 1 saturated carbocycles. The molecular formula is C21H25N3O3S. The molecule has 148 valence electrons. The maximum atomic E-state index is 12.9. The smallest absolute Gasteiger partial charge is 0.233 e. The highest BCUT2D eigenvalue weighted by Gasteiger charge is 2.47. The van der Waals surface area contributed by atoms with Gasteiger partial charge in [0.15, 0.2) is 5.17 Å². The number of imide groups is 1. The molecule has 3 aliphatic rings. The van der Waals surface area contributed by atoms with E-state index < -0.39 is 0 Å². The number of hydrogen-bond donors (Lipinski definition) is 0. The van der Waals surface area contributed by atoms with Crippen molar-refractivity contribution in [2.45, 2.75) is 38.5 Å². The summed E-state index contributed by atoms with van der Waals surface area (Å²) in [5, 5.41) is 0.704. The second kappa shape index (κ2) is 8.47. The molecule has 2 atom stereocenters. The van der Waals surface area contributed by atoms with Crippen molar-refractivity contribution in [2.75, 3.05) is 18.8 Å². The van der Waals surface area contributed by atoms with E-state index in [1.54, 1.807) is 16.7 Å². The van der Waals surface area contributed by atoms with E-state index in [0.717, 1.165) is 43.5 Å². The molecule has 2 heterocycles. The van der Waals surface area contributed by atoms with E-state index in [9.17, 15) is 14.4 Å². The van der Waals surface area contributed by atoms with Crippen molar-refractivity contribution in [3.8, 4) is 0 Å². The van der Waals surface area contributed by atoms with Crippen LogP contribution in [-0.2, 0) is 14.4 Å². The first-order valence-corrected chi connectivity index (χ1v) is 11.1. The lowest BCUT2D eigenvalue weighted by molar-refractivity contribution is -0.140. The molecule has 0 unspecified atom stereocenters. The Balaban J connectivity index is 1.42. The van der Waals surface area contributed by atoms with Gasteiger partial charge in [0, 0.05) is 25.3 Å². The van der Waals surface area contributed by atoms with Crippen LogP contribution in [-0.4, -0.2) is 51.5 Å². The molecule has 7 heteroatoms. The Bertz CT molecular complexity index is 771. The molecule has 0 radical (unpaired) electrons. The first kappa shape index (κ1) is 19.2. The highest BCUT2D eigenvalue weighted by molar-refractivity contribution is 8.13. The van der Waals surface area contributed by atoms with Gasteiger partial charge in [-0.05, 0) is 31.4 Å². The molecule has 0 bridgehead atoms. The Labute approximate surface area is 169 Å². The number of rotatable bonds is 4. The van der Waals surface area contributed by atoms with Crippen LogP contribution in [0.25, 0.3) is 0 Å². The third kappa shape index (κ3) is 3.85. The monoisotopic (exact) mass is 399 g/mol. The lowest BCUT2D eigenvalue weighted by atomic mass is 9.81. The van der Waals surface area contributed by atoms with Gasteiger partial charge in [-0.15, -0.1) is 0 Å². The first-order valence-electron chi connectivity index (χ1n) is 10.1. The van der Waals surface area contributed by atoms with Crippen LogP contribution in [0.5, 0.6) is 0 Å². The molecule has 4 rings (SSSR count). The summed E-state index contributed by atoms with van der Waals surface area (Å²) in [6, 6.07) is 9.59. The summed E-state index contributed by atoms with van der Waals surface area (Å²) in [4.78, 5) is 45.7. The number of carbonyl (C=O) groups is 3. The zero-order valence-corrected chi connectivity index (χ0v) is 16.7. The SMILES string of the molecule is O=C(CCN1C(=O)[C@H]2CCCC[C@H]2C1=O)N1CCCSC1=Nc1ccccc1. The van der Waals surface area contributed by atoms with E-state index in [0.29, 0.717) is 11.7 Å². The number of likely N-dealkylation sites (tertiary alicyclic amines) is 1. The van der Waals surface area contributed by atoms with E-state index in [1.807, 2.05) is 30.3 Å². The number of benzene rings is 1. The molecule has 0 N–H and O–H groups in total. The number of para-hydroxylation sites is 1. The minimum atomic E-state index is -0.155. The summed E-state index contributed by atoms with van der Waals surface area (Å²) in [7, 11) is 0. The summed E-state index contributed by atoms with van der Waals surface area (Å²) in [6.45, 7) is 0.813. The van der Waals surface area contributed by atoms with Crippen LogP contribution < -0.4 is 0 Å². The molecular weight excluding hydrogens is 374 g/mol. The van der Waals surface area contributed by atoms with Gasteiger partial charge in [-0.1, -0.05) is 42.8 Å². The van der Waals surface area contributed by atoms with E-state index in [-0.39, 0.29) is 42.5 Å². The van der Waals surface area contributed by atoms with Crippen LogP contribution in [0.2, 0.25) is 0 Å². The van der Waals surface area contributed by atoms with Gasteiger partial charge in [0.05, 0.1) is 17.5 Å². The number of amidine groups is 1. The average Bonchev–Trinajstić information content (AvgIpc) is 2.98. The summed E-state index contributed by atoms with van der Waals surface area (Å²) < 4.78 is 0. The van der Waals surface area contributed by atoms with E-state index in [4.69, 9.17) is 0 Å².